The highest BCUT2D eigenvalue weighted by atomic mass is 16.5. The maximum Gasteiger partial charge on any atom is 0.282 e. The van der Waals surface area contributed by atoms with E-state index in [0.29, 0.717) is 22.5 Å². The fraction of sp³-hybridized carbons (Fsp3) is 0.192. The van der Waals surface area contributed by atoms with Crippen molar-refractivity contribution in [3.05, 3.63) is 101 Å². The van der Waals surface area contributed by atoms with Crippen LogP contribution in [-0.2, 0) is 6.61 Å². The third kappa shape index (κ3) is 4.25. The molecule has 5 rings (SSSR count). The quantitative estimate of drug-likeness (QED) is 0.429. The van der Waals surface area contributed by atoms with Crippen LogP contribution < -0.4 is 15.2 Å². The van der Waals surface area contributed by atoms with Crippen LogP contribution in [0.3, 0.4) is 0 Å². The molecule has 32 heavy (non-hydrogen) atoms. The lowest BCUT2D eigenvalue weighted by atomic mass is 10.2. The molecule has 6 nitrogen and oxygen atoms in total. The van der Waals surface area contributed by atoms with Crippen molar-refractivity contribution in [1.82, 2.24) is 9.66 Å². The molecule has 0 amide bonds. The third-order valence-electron chi connectivity index (χ3n) is 5.62. The van der Waals surface area contributed by atoms with Gasteiger partial charge in [0.1, 0.15) is 12.4 Å². The summed E-state index contributed by atoms with van der Waals surface area (Å²) in [6, 6.07) is 25.0. The molecule has 2 heterocycles. The van der Waals surface area contributed by atoms with E-state index < -0.39 is 0 Å². The molecule has 0 spiro atoms. The van der Waals surface area contributed by atoms with Gasteiger partial charge in [-0.1, -0.05) is 42.5 Å². The molecule has 6 heteroatoms. The van der Waals surface area contributed by atoms with Crippen molar-refractivity contribution in [2.45, 2.75) is 19.4 Å². The maximum atomic E-state index is 13.2. The van der Waals surface area contributed by atoms with Gasteiger partial charge in [0, 0.05) is 18.8 Å². The van der Waals surface area contributed by atoms with Crippen LogP contribution in [0.1, 0.15) is 24.2 Å². The second-order valence-corrected chi connectivity index (χ2v) is 7.79. The highest BCUT2D eigenvalue weighted by Gasteiger charge is 2.13. The predicted molar refractivity (Wildman–Crippen MR) is 128 cm³/mol. The first-order valence-electron chi connectivity index (χ1n) is 10.9. The molecule has 4 aromatic rings. The summed E-state index contributed by atoms with van der Waals surface area (Å²) in [5.41, 5.74) is 2.56. The Kier molecular flexibility index (Phi) is 5.66. The van der Waals surface area contributed by atoms with Crippen LogP contribution in [0.25, 0.3) is 10.9 Å². The highest BCUT2D eigenvalue weighted by Crippen LogP contribution is 2.20. The van der Waals surface area contributed by atoms with Gasteiger partial charge in [0.05, 0.1) is 17.1 Å². The normalized spacial score (nSPS) is 13.8. The zero-order chi connectivity index (χ0) is 21.8. The second kappa shape index (κ2) is 9.06. The van der Waals surface area contributed by atoms with Gasteiger partial charge in [-0.05, 0) is 54.8 Å². The van der Waals surface area contributed by atoms with E-state index in [9.17, 15) is 4.79 Å². The molecule has 0 aliphatic carbocycles. The number of nitrogens with zero attached hydrogens (tertiary/aromatic N) is 4. The van der Waals surface area contributed by atoms with Gasteiger partial charge in [0.2, 0.25) is 0 Å². The van der Waals surface area contributed by atoms with Gasteiger partial charge in [-0.15, -0.1) is 0 Å². The Hall–Kier alpha value is -3.93. The average molecular weight is 425 g/mol. The molecule has 1 aliphatic rings. The van der Waals surface area contributed by atoms with E-state index in [-0.39, 0.29) is 12.2 Å². The minimum Gasteiger partial charge on any atom is -0.486 e. The van der Waals surface area contributed by atoms with Crippen molar-refractivity contribution < 1.29 is 4.74 Å². The van der Waals surface area contributed by atoms with Crippen molar-refractivity contribution >= 4 is 22.8 Å². The Morgan fingerprint density at radius 1 is 0.906 bits per heavy atom. The summed E-state index contributed by atoms with van der Waals surface area (Å²) < 4.78 is 7.19. The molecule has 1 aromatic heterocycles. The number of hydrogen-bond donors (Lipinski definition) is 0. The monoisotopic (exact) mass is 424 g/mol. The largest absolute Gasteiger partial charge is 0.486 e. The molecule has 3 aromatic carbocycles. The molecule has 1 fully saturated rings. The lowest BCUT2D eigenvalue weighted by molar-refractivity contribution is 0.289. The average Bonchev–Trinajstić information content (AvgIpc) is 3.38. The van der Waals surface area contributed by atoms with E-state index >= 15 is 0 Å². The summed E-state index contributed by atoms with van der Waals surface area (Å²) in [5, 5.41) is 5.01. The van der Waals surface area contributed by atoms with Crippen LogP contribution >= 0.6 is 0 Å². The Morgan fingerprint density at radius 3 is 2.41 bits per heavy atom. The molecule has 1 aliphatic heterocycles. The fourth-order valence-electron chi connectivity index (χ4n) is 3.92. The fourth-order valence-corrected chi connectivity index (χ4v) is 3.92. The SMILES string of the molecule is O=c1c2ccccc2nc(COc2ccccc2)n1/N=C/c1ccc(N2CCCC2)cc1. The number of ether oxygens (including phenoxy) is 1. The van der Waals surface area contributed by atoms with Gasteiger partial charge in [0.15, 0.2) is 5.82 Å². The molecule has 0 N–H and O–H groups in total. The topological polar surface area (TPSA) is 59.7 Å². The van der Waals surface area contributed by atoms with Crippen molar-refractivity contribution in [2.75, 3.05) is 18.0 Å². The molecule has 1 saturated heterocycles. The first kappa shape index (κ1) is 20.0. The first-order valence-corrected chi connectivity index (χ1v) is 10.9. The Morgan fingerprint density at radius 2 is 1.62 bits per heavy atom. The van der Waals surface area contributed by atoms with Crippen molar-refractivity contribution in [1.29, 1.82) is 0 Å². The summed E-state index contributed by atoms with van der Waals surface area (Å²) >= 11 is 0. The number of fused-ring (bicyclic) bond motifs is 1. The molecule has 0 bridgehead atoms. The summed E-state index contributed by atoms with van der Waals surface area (Å²) in [6.45, 7) is 2.35. The number of para-hydroxylation sites is 2. The summed E-state index contributed by atoms with van der Waals surface area (Å²) in [6.07, 6.45) is 4.18. The first-order chi connectivity index (χ1) is 15.8. The standard InChI is InChI=1S/C26H24N4O2/c31-26-23-10-4-5-11-24(23)28-25(19-32-22-8-2-1-3-9-22)30(26)27-18-20-12-14-21(15-13-20)29-16-6-7-17-29/h1-5,8-15,18H,6-7,16-17,19H2/b27-18+. The summed E-state index contributed by atoms with van der Waals surface area (Å²) in [5.74, 6) is 1.16. The molecule has 160 valence electrons. The van der Waals surface area contributed by atoms with E-state index in [0.717, 1.165) is 18.7 Å². The van der Waals surface area contributed by atoms with Crippen molar-refractivity contribution in [2.24, 2.45) is 5.10 Å². The van der Waals surface area contributed by atoms with E-state index in [4.69, 9.17) is 4.74 Å². The van der Waals surface area contributed by atoms with Crippen LogP contribution in [0, 0.1) is 0 Å². The lowest BCUT2D eigenvalue weighted by Gasteiger charge is -2.17. The number of rotatable bonds is 6. The molecule has 0 atom stereocenters. The Labute approximate surface area is 186 Å². The maximum absolute atomic E-state index is 13.2. The summed E-state index contributed by atoms with van der Waals surface area (Å²) in [4.78, 5) is 20.2. The van der Waals surface area contributed by atoms with Gasteiger partial charge in [0.25, 0.3) is 5.56 Å². The number of aromatic nitrogens is 2. The van der Waals surface area contributed by atoms with Crippen molar-refractivity contribution in [3.63, 3.8) is 0 Å². The molecule has 0 radical (unpaired) electrons. The molecule has 0 saturated carbocycles. The van der Waals surface area contributed by atoms with Crippen molar-refractivity contribution in [3.8, 4) is 5.75 Å². The van der Waals surface area contributed by atoms with Crippen LogP contribution in [0.15, 0.2) is 88.8 Å². The van der Waals surface area contributed by atoms with Crippen LogP contribution in [0.4, 0.5) is 5.69 Å². The third-order valence-corrected chi connectivity index (χ3v) is 5.62. The Balaban J connectivity index is 1.45. The van der Waals surface area contributed by atoms with Gasteiger partial charge >= 0.3 is 0 Å². The van der Waals surface area contributed by atoms with E-state index in [1.807, 2.05) is 60.7 Å². The molecule has 0 unspecified atom stereocenters. The van der Waals surface area contributed by atoms with Gasteiger partial charge in [-0.3, -0.25) is 4.79 Å². The van der Waals surface area contributed by atoms with Gasteiger partial charge in [-0.25, -0.2) is 4.98 Å². The second-order valence-electron chi connectivity index (χ2n) is 7.79. The van der Waals surface area contributed by atoms with Gasteiger partial charge < -0.3 is 9.64 Å². The summed E-state index contributed by atoms with van der Waals surface area (Å²) in [7, 11) is 0. The number of anilines is 1. The lowest BCUT2D eigenvalue weighted by Crippen LogP contribution is -2.23. The van der Waals surface area contributed by atoms with E-state index in [1.54, 1.807) is 12.3 Å². The zero-order valence-corrected chi connectivity index (χ0v) is 17.7. The Bertz CT molecular complexity index is 1290. The minimum absolute atomic E-state index is 0.134. The minimum atomic E-state index is -0.216. The van der Waals surface area contributed by atoms with E-state index in [1.165, 1.54) is 23.2 Å². The number of hydrogen-bond acceptors (Lipinski definition) is 5. The van der Waals surface area contributed by atoms with Gasteiger partial charge in [-0.2, -0.15) is 9.78 Å². The highest BCUT2D eigenvalue weighted by molar-refractivity contribution is 5.81. The molecular weight excluding hydrogens is 400 g/mol. The molecular formula is C26H24N4O2. The van der Waals surface area contributed by atoms with Crippen LogP contribution in [-0.4, -0.2) is 29.0 Å². The zero-order valence-electron chi connectivity index (χ0n) is 17.7. The predicted octanol–water partition coefficient (Wildman–Crippen LogP) is 4.46. The van der Waals surface area contributed by atoms with Crippen LogP contribution in [0.2, 0.25) is 0 Å². The smallest absolute Gasteiger partial charge is 0.282 e. The van der Waals surface area contributed by atoms with E-state index in [2.05, 4.69) is 27.1 Å². The number of benzene rings is 3. The van der Waals surface area contributed by atoms with Crippen LogP contribution in [0.5, 0.6) is 5.75 Å².